The Morgan fingerprint density at radius 2 is 1.94 bits per heavy atom. The number of piperazine rings is 1. The highest BCUT2D eigenvalue weighted by molar-refractivity contribution is 7.11. The van der Waals surface area contributed by atoms with Crippen molar-refractivity contribution in [1.29, 1.82) is 0 Å². The molecule has 1 aromatic carbocycles. The van der Waals surface area contributed by atoms with E-state index in [4.69, 9.17) is 4.74 Å². The summed E-state index contributed by atoms with van der Waals surface area (Å²) in [5, 5.41) is 14.7. The van der Waals surface area contributed by atoms with Gasteiger partial charge in [0.05, 0.1) is 0 Å². The Labute approximate surface area is 194 Å². The average molecular weight is 484 g/mol. The third kappa shape index (κ3) is 6.59. The summed E-state index contributed by atoms with van der Waals surface area (Å²) >= 11 is 0.731. The number of hydrogen-bond donors (Lipinski definition) is 3. The Kier molecular flexibility index (Phi) is 8.53. The van der Waals surface area contributed by atoms with Crippen molar-refractivity contribution in [2.24, 2.45) is 0 Å². The van der Waals surface area contributed by atoms with E-state index in [1.54, 1.807) is 0 Å². The zero-order chi connectivity index (χ0) is 24.0. The summed E-state index contributed by atoms with van der Waals surface area (Å²) in [5.41, 5.74) is -0.271. The summed E-state index contributed by atoms with van der Waals surface area (Å²) in [6, 6.07) is 2.20. The number of aromatic carboxylic acids is 1. The van der Waals surface area contributed by atoms with E-state index in [1.165, 1.54) is 19.1 Å². The van der Waals surface area contributed by atoms with Crippen LogP contribution in [-0.2, 0) is 6.61 Å². The number of ether oxygens (including phenoxy) is 1. The van der Waals surface area contributed by atoms with Gasteiger partial charge in [0.1, 0.15) is 11.6 Å². The molecule has 9 nitrogen and oxygen atoms in total. The van der Waals surface area contributed by atoms with Crippen LogP contribution >= 0.6 is 11.5 Å². The zero-order valence-electron chi connectivity index (χ0n) is 18.5. The number of nitrogens with zero attached hydrogens (tertiary/aromatic N) is 3. The standard InChI is InChI=1S/C21H27F2N5O4S/c1-13-4-5-14(17(23)16(13)22)12-32-18-15(20(29)30)19(33-26-18)25-21(31)24-6-3-7-28-10-8-27(2)9-11-28/h4-5H,3,6-12H2,1-2H3,(H,29,30)(H2,24,25,31). The summed E-state index contributed by atoms with van der Waals surface area (Å²) in [4.78, 5) is 28.5. The van der Waals surface area contributed by atoms with Gasteiger partial charge in [-0.3, -0.25) is 5.32 Å². The van der Waals surface area contributed by atoms with Gasteiger partial charge in [-0.25, -0.2) is 18.4 Å². The number of amides is 2. The van der Waals surface area contributed by atoms with E-state index in [0.717, 1.165) is 50.7 Å². The second-order valence-electron chi connectivity index (χ2n) is 7.83. The smallest absolute Gasteiger partial charge is 0.344 e. The van der Waals surface area contributed by atoms with Crippen LogP contribution in [0.5, 0.6) is 5.88 Å². The number of aryl methyl sites for hydroxylation is 1. The van der Waals surface area contributed by atoms with E-state index in [0.29, 0.717) is 6.54 Å². The maximum atomic E-state index is 14.0. The Balaban J connectivity index is 1.52. The topological polar surface area (TPSA) is 107 Å². The van der Waals surface area contributed by atoms with E-state index in [-0.39, 0.29) is 27.6 Å². The zero-order valence-corrected chi connectivity index (χ0v) is 19.3. The molecule has 3 rings (SSSR count). The quantitative estimate of drug-likeness (QED) is 0.471. The number of carbonyl (C=O) groups is 2. The summed E-state index contributed by atoms with van der Waals surface area (Å²) in [6.45, 7) is 6.35. The molecule has 1 aliphatic rings. The second kappa shape index (κ2) is 11.3. The first-order valence-electron chi connectivity index (χ1n) is 10.5. The van der Waals surface area contributed by atoms with Crippen LogP contribution < -0.4 is 15.4 Å². The molecule has 1 fully saturated rings. The molecule has 0 aliphatic carbocycles. The molecule has 0 unspecified atom stereocenters. The number of aromatic nitrogens is 1. The molecule has 2 amide bonds. The number of carbonyl (C=O) groups excluding carboxylic acids is 1. The third-order valence-corrected chi connectivity index (χ3v) is 6.10. The molecule has 0 saturated carbocycles. The van der Waals surface area contributed by atoms with Crippen molar-refractivity contribution < 1.29 is 28.2 Å². The first kappa shape index (κ1) is 24.8. The van der Waals surface area contributed by atoms with Crippen LogP contribution in [0.4, 0.5) is 18.6 Å². The SMILES string of the molecule is Cc1ccc(COc2nsc(NC(=O)NCCCN3CCN(C)CC3)c2C(=O)O)c(F)c1F. The van der Waals surface area contributed by atoms with Crippen molar-refractivity contribution in [2.75, 3.05) is 51.6 Å². The Morgan fingerprint density at radius 1 is 1.21 bits per heavy atom. The van der Waals surface area contributed by atoms with Gasteiger partial charge in [-0.05, 0) is 44.0 Å². The van der Waals surface area contributed by atoms with E-state index < -0.39 is 30.2 Å². The number of hydrogen-bond acceptors (Lipinski definition) is 7. The molecular formula is C21H27F2N5O4S. The average Bonchev–Trinajstić information content (AvgIpc) is 3.18. The highest BCUT2D eigenvalue weighted by Crippen LogP contribution is 2.31. The van der Waals surface area contributed by atoms with Crippen LogP contribution in [-0.4, -0.2) is 77.6 Å². The molecule has 1 aliphatic heterocycles. The lowest BCUT2D eigenvalue weighted by atomic mass is 10.1. The van der Waals surface area contributed by atoms with Gasteiger partial charge >= 0.3 is 12.0 Å². The largest absolute Gasteiger partial charge is 0.477 e. The van der Waals surface area contributed by atoms with Crippen molar-refractivity contribution in [2.45, 2.75) is 20.0 Å². The van der Waals surface area contributed by atoms with Gasteiger partial charge in [0.15, 0.2) is 17.2 Å². The minimum atomic E-state index is -1.36. The molecule has 180 valence electrons. The van der Waals surface area contributed by atoms with Crippen LogP contribution in [0.1, 0.15) is 27.9 Å². The lowest BCUT2D eigenvalue weighted by Crippen LogP contribution is -2.45. The third-order valence-electron chi connectivity index (χ3n) is 5.35. The van der Waals surface area contributed by atoms with Gasteiger partial charge in [0.25, 0.3) is 0 Å². The molecule has 3 N–H and O–H groups in total. The van der Waals surface area contributed by atoms with Gasteiger partial charge in [0, 0.05) is 38.3 Å². The number of likely N-dealkylation sites (N-methyl/N-ethyl adjacent to an activating group) is 1. The number of anilines is 1. The van der Waals surface area contributed by atoms with Crippen molar-refractivity contribution in [1.82, 2.24) is 19.5 Å². The number of carboxylic acid groups (broad SMARTS) is 1. The molecule has 12 heteroatoms. The van der Waals surface area contributed by atoms with Gasteiger partial charge < -0.3 is 25.0 Å². The molecule has 33 heavy (non-hydrogen) atoms. The van der Waals surface area contributed by atoms with Crippen LogP contribution in [0.15, 0.2) is 12.1 Å². The van der Waals surface area contributed by atoms with Crippen molar-refractivity contribution in [3.05, 3.63) is 40.5 Å². The van der Waals surface area contributed by atoms with Crippen molar-refractivity contribution in [3.63, 3.8) is 0 Å². The first-order valence-corrected chi connectivity index (χ1v) is 11.3. The maximum Gasteiger partial charge on any atom is 0.344 e. The first-order chi connectivity index (χ1) is 15.8. The summed E-state index contributed by atoms with van der Waals surface area (Å²) in [5.74, 6) is -3.69. The fourth-order valence-electron chi connectivity index (χ4n) is 3.31. The van der Waals surface area contributed by atoms with Crippen molar-refractivity contribution in [3.8, 4) is 5.88 Å². The van der Waals surface area contributed by atoms with Crippen molar-refractivity contribution >= 4 is 28.5 Å². The number of urea groups is 1. The number of benzene rings is 1. The summed E-state index contributed by atoms with van der Waals surface area (Å²) in [6.07, 6.45) is 0.763. The molecule has 0 bridgehead atoms. The second-order valence-corrected chi connectivity index (χ2v) is 8.61. The molecule has 0 atom stereocenters. The molecule has 2 aromatic rings. The molecule has 1 saturated heterocycles. The predicted molar refractivity (Wildman–Crippen MR) is 120 cm³/mol. The van der Waals surface area contributed by atoms with E-state index in [1.807, 2.05) is 0 Å². The van der Waals surface area contributed by atoms with Gasteiger partial charge in [-0.1, -0.05) is 12.1 Å². The molecule has 1 aromatic heterocycles. The fraction of sp³-hybridized carbons (Fsp3) is 0.476. The number of carboxylic acids is 1. The summed E-state index contributed by atoms with van der Waals surface area (Å²) in [7, 11) is 2.09. The fourth-order valence-corrected chi connectivity index (χ4v) is 4.04. The molecule has 0 spiro atoms. The molecule has 0 radical (unpaired) electrons. The molecule has 2 heterocycles. The van der Waals surface area contributed by atoms with Crippen LogP contribution in [0, 0.1) is 18.6 Å². The highest BCUT2D eigenvalue weighted by atomic mass is 32.1. The Bertz CT molecular complexity index is 995. The van der Waals surface area contributed by atoms with Gasteiger partial charge in [-0.15, -0.1) is 0 Å². The lowest BCUT2D eigenvalue weighted by molar-refractivity contribution is 0.0693. The summed E-state index contributed by atoms with van der Waals surface area (Å²) < 4.78 is 37.0. The normalized spacial score (nSPS) is 14.8. The Morgan fingerprint density at radius 3 is 2.64 bits per heavy atom. The lowest BCUT2D eigenvalue weighted by Gasteiger charge is -2.32. The van der Waals surface area contributed by atoms with Crippen LogP contribution in [0.3, 0.4) is 0 Å². The number of halogens is 2. The minimum Gasteiger partial charge on any atom is -0.477 e. The van der Waals surface area contributed by atoms with Crippen LogP contribution in [0.25, 0.3) is 0 Å². The van der Waals surface area contributed by atoms with E-state index in [2.05, 4.69) is 31.9 Å². The van der Waals surface area contributed by atoms with Gasteiger partial charge in [-0.2, -0.15) is 4.37 Å². The van der Waals surface area contributed by atoms with E-state index in [9.17, 15) is 23.5 Å². The van der Waals surface area contributed by atoms with Crippen LogP contribution in [0.2, 0.25) is 0 Å². The number of rotatable bonds is 9. The number of nitrogens with one attached hydrogen (secondary N) is 2. The Hall–Kier alpha value is -2.83. The maximum absolute atomic E-state index is 14.0. The molecular weight excluding hydrogens is 456 g/mol. The van der Waals surface area contributed by atoms with Gasteiger partial charge in [0.2, 0.25) is 5.88 Å². The minimum absolute atomic E-state index is 0.00961. The van der Waals surface area contributed by atoms with E-state index >= 15 is 0 Å². The predicted octanol–water partition coefficient (Wildman–Crippen LogP) is 2.77. The highest BCUT2D eigenvalue weighted by Gasteiger charge is 2.24. The monoisotopic (exact) mass is 483 g/mol.